The Balaban J connectivity index is 1.93. The molecule has 0 fully saturated rings. The van der Waals surface area contributed by atoms with Crippen LogP contribution in [0.2, 0.25) is 0 Å². The fraction of sp³-hybridized carbons (Fsp3) is 0.294. The number of anilines is 2. The summed E-state index contributed by atoms with van der Waals surface area (Å²) in [5.74, 6) is 0. The smallest absolute Gasteiger partial charge is 0.407 e. The largest absolute Gasteiger partial charge is 0.444 e. The van der Waals surface area contributed by atoms with Crippen molar-refractivity contribution in [2.45, 2.75) is 32.9 Å². The van der Waals surface area contributed by atoms with Crippen molar-refractivity contribution in [3.05, 3.63) is 54.4 Å². The molecule has 0 spiro atoms. The number of ether oxygens (including phenoxy) is 1. The molecule has 1 amide bonds. The van der Waals surface area contributed by atoms with Crippen molar-refractivity contribution in [1.29, 1.82) is 0 Å². The van der Waals surface area contributed by atoms with Crippen LogP contribution in [0.1, 0.15) is 26.3 Å². The van der Waals surface area contributed by atoms with Crippen LogP contribution in [0.25, 0.3) is 0 Å². The number of rotatable bonds is 4. The first-order valence-corrected chi connectivity index (χ1v) is 7.15. The molecule has 0 radical (unpaired) electrons. The Labute approximate surface area is 130 Å². The van der Waals surface area contributed by atoms with Crippen LogP contribution >= 0.6 is 0 Å². The minimum atomic E-state index is -0.491. The molecular formula is C17H21N3O2. The molecule has 1 aromatic carbocycles. The zero-order valence-corrected chi connectivity index (χ0v) is 13.1. The van der Waals surface area contributed by atoms with Gasteiger partial charge in [0.15, 0.2) is 0 Å². The Kier molecular flexibility index (Phi) is 4.99. The molecule has 2 N–H and O–H groups in total. The number of aromatic nitrogens is 1. The molecule has 0 saturated carbocycles. The number of nitrogens with one attached hydrogen (secondary N) is 2. The molecule has 0 bridgehead atoms. The highest BCUT2D eigenvalue weighted by Crippen LogP contribution is 2.17. The number of carbonyl (C=O) groups excluding carboxylic acids is 1. The number of carbonyl (C=O) groups is 1. The molecule has 2 rings (SSSR count). The summed E-state index contributed by atoms with van der Waals surface area (Å²) >= 11 is 0. The molecule has 0 saturated heterocycles. The van der Waals surface area contributed by atoms with Crippen molar-refractivity contribution in [3.8, 4) is 0 Å². The minimum Gasteiger partial charge on any atom is -0.444 e. The van der Waals surface area contributed by atoms with Gasteiger partial charge in [-0.1, -0.05) is 12.1 Å². The molecule has 0 aliphatic carbocycles. The van der Waals surface area contributed by atoms with Crippen molar-refractivity contribution in [1.82, 2.24) is 10.3 Å². The third-order valence-corrected chi connectivity index (χ3v) is 2.73. The number of nitrogens with zero attached hydrogens (tertiary/aromatic N) is 1. The summed E-state index contributed by atoms with van der Waals surface area (Å²) in [6, 6.07) is 11.6. The highest BCUT2D eigenvalue weighted by atomic mass is 16.6. The van der Waals surface area contributed by atoms with Crippen LogP contribution in [0.4, 0.5) is 16.2 Å². The number of hydrogen-bond donors (Lipinski definition) is 2. The van der Waals surface area contributed by atoms with Crippen LogP contribution < -0.4 is 10.6 Å². The van der Waals surface area contributed by atoms with Gasteiger partial charge in [0.05, 0.1) is 0 Å². The zero-order chi connectivity index (χ0) is 16.0. The molecular weight excluding hydrogens is 278 g/mol. The lowest BCUT2D eigenvalue weighted by atomic mass is 10.2. The molecule has 1 aromatic heterocycles. The van der Waals surface area contributed by atoms with E-state index in [0.717, 1.165) is 16.9 Å². The van der Waals surface area contributed by atoms with Gasteiger partial charge in [-0.05, 0) is 50.6 Å². The van der Waals surface area contributed by atoms with Crippen molar-refractivity contribution in [2.24, 2.45) is 0 Å². The third kappa shape index (κ3) is 5.44. The van der Waals surface area contributed by atoms with E-state index in [4.69, 9.17) is 4.74 Å². The molecule has 0 aliphatic heterocycles. The SMILES string of the molecule is CC(C)(C)OC(=O)NCc1cccc(Nc2ccncc2)c1. The van der Waals surface area contributed by atoms with Gasteiger partial charge >= 0.3 is 6.09 Å². The molecule has 5 heteroatoms. The normalized spacial score (nSPS) is 10.9. The summed E-state index contributed by atoms with van der Waals surface area (Å²) < 4.78 is 5.21. The van der Waals surface area contributed by atoms with Crippen molar-refractivity contribution < 1.29 is 9.53 Å². The second-order valence-electron chi connectivity index (χ2n) is 5.92. The summed E-state index contributed by atoms with van der Waals surface area (Å²) in [7, 11) is 0. The number of hydrogen-bond acceptors (Lipinski definition) is 4. The molecule has 22 heavy (non-hydrogen) atoms. The fourth-order valence-electron chi connectivity index (χ4n) is 1.85. The Morgan fingerprint density at radius 1 is 1.14 bits per heavy atom. The highest BCUT2D eigenvalue weighted by molar-refractivity contribution is 5.68. The Hall–Kier alpha value is -2.56. The Bertz CT molecular complexity index is 621. The molecule has 2 aromatic rings. The van der Waals surface area contributed by atoms with E-state index in [2.05, 4.69) is 15.6 Å². The summed E-state index contributed by atoms with van der Waals surface area (Å²) in [6.07, 6.45) is 3.05. The summed E-state index contributed by atoms with van der Waals surface area (Å²) in [6.45, 7) is 5.93. The lowest BCUT2D eigenvalue weighted by Crippen LogP contribution is -2.32. The van der Waals surface area contributed by atoms with Crippen LogP contribution in [0, 0.1) is 0 Å². The van der Waals surface area contributed by atoms with E-state index in [1.807, 2.05) is 57.2 Å². The van der Waals surface area contributed by atoms with Gasteiger partial charge in [0.2, 0.25) is 0 Å². The van der Waals surface area contributed by atoms with Crippen molar-refractivity contribution >= 4 is 17.5 Å². The predicted octanol–water partition coefficient (Wildman–Crippen LogP) is 3.85. The standard InChI is InChI=1S/C17H21N3O2/c1-17(2,3)22-16(21)19-12-13-5-4-6-15(11-13)20-14-7-9-18-10-8-14/h4-11H,12H2,1-3H3,(H,18,20)(H,19,21). The van der Waals surface area contributed by atoms with Gasteiger partial charge < -0.3 is 15.4 Å². The van der Waals surface area contributed by atoms with Gasteiger partial charge in [0.25, 0.3) is 0 Å². The Morgan fingerprint density at radius 3 is 2.55 bits per heavy atom. The molecule has 116 valence electrons. The average molecular weight is 299 g/mol. The average Bonchev–Trinajstić information content (AvgIpc) is 2.45. The van der Waals surface area contributed by atoms with E-state index < -0.39 is 11.7 Å². The van der Waals surface area contributed by atoms with Crippen molar-refractivity contribution in [3.63, 3.8) is 0 Å². The summed E-state index contributed by atoms with van der Waals surface area (Å²) in [5, 5.41) is 6.03. The van der Waals surface area contributed by atoms with Gasteiger partial charge in [0, 0.05) is 30.3 Å². The maximum absolute atomic E-state index is 11.7. The van der Waals surface area contributed by atoms with E-state index in [1.165, 1.54) is 0 Å². The topological polar surface area (TPSA) is 63.2 Å². The molecule has 0 aliphatic rings. The van der Waals surface area contributed by atoms with Gasteiger partial charge in [-0.3, -0.25) is 4.98 Å². The maximum Gasteiger partial charge on any atom is 0.407 e. The lowest BCUT2D eigenvalue weighted by molar-refractivity contribution is 0.0523. The molecule has 0 unspecified atom stereocenters. The first-order chi connectivity index (χ1) is 10.4. The monoisotopic (exact) mass is 299 g/mol. The van der Waals surface area contributed by atoms with Gasteiger partial charge in [0.1, 0.15) is 5.60 Å². The second-order valence-corrected chi connectivity index (χ2v) is 5.92. The molecule has 0 atom stereocenters. The van der Waals surface area contributed by atoms with Crippen LogP contribution in [0.5, 0.6) is 0 Å². The van der Waals surface area contributed by atoms with E-state index in [1.54, 1.807) is 12.4 Å². The Morgan fingerprint density at radius 2 is 1.86 bits per heavy atom. The van der Waals surface area contributed by atoms with E-state index in [-0.39, 0.29) is 0 Å². The zero-order valence-electron chi connectivity index (χ0n) is 13.1. The fourth-order valence-corrected chi connectivity index (χ4v) is 1.85. The lowest BCUT2D eigenvalue weighted by Gasteiger charge is -2.19. The predicted molar refractivity (Wildman–Crippen MR) is 87.0 cm³/mol. The third-order valence-electron chi connectivity index (χ3n) is 2.73. The van der Waals surface area contributed by atoms with E-state index in [9.17, 15) is 4.79 Å². The van der Waals surface area contributed by atoms with Gasteiger partial charge in [-0.25, -0.2) is 4.79 Å². The second kappa shape index (κ2) is 6.93. The van der Waals surface area contributed by atoms with Crippen LogP contribution in [0.15, 0.2) is 48.8 Å². The minimum absolute atomic E-state index is 0.417. The van der Waals surface area contributed by atoms with Gasteiger partial charge in [-0.2, -0.15) is 0 Å². The van der Waals surface area contributed by atoms with Crippen LogP contribution in [0.3, 0.4) is 0 Å². The summed E-state index contributed by atoms with van der Waals surface area (Å²) in [5.41, 5.74) is 2.42. The first-order valence-electron chi connectivity index (χ1n) is 7.15. The number of pyridine rings is 1. The number of benzene rings is 1. The van der Waals surface area contributed by atoms with Crippen LogP contribution in [-0.2, 0) is 11.3 Å². The quantitative estimate of drug-likeness (QED) is 0.900. The van der Waals surface area contributed by atoms with E-state index >= 15 is 0 Å². The first kappa shape index (κ1) is 15.8. The van der Waals surface area contributed by atoms with E-state index in [0.29, 0.717) is 6.54 Å². The van der Waals surface area contributed by atoms with Crippen molar-refractivity contribution in [2.75, 3.05) is 5.32 Å². The van der Waals surface area contributed by atoms with Crippen LogP contribution in [-0.4, -0.2) is 16.7 Å². The number of alkyl carbamates (subject to hydrolysis) is 1. The molecule has 5 nitrogen and oxygen atoms in total. The number of amides is 1. The maximum atomic E-state index is 11.7. The molecule has 1 heterocycles. The highest BCUT2D eigenvalue weighted by Gasteiger charge is 2.15. The van der Waals surface area contributed by atoms with Gasteiger partial charge in [-0.15, -0.1) is 0 Å². The summed E-state index contributed by atoms with van der Waals surface area (Å²) in [4.78, 5) is 15.6.